The smallest absolute Gasteiger partial charge is 0.257 e. The average molecular weight is 392 g/mol. The Kier molecular flexibility index (Phi) is 5.52. The lowest BCUT2D eigenvalue weighted by Gasteiger charge is -2.30. The SMILES string of the molecule is O=C(c1cnn(-c2cccc(Cl)c2)c1)N(CC1CCCO1)C1CCSC1. The minimum Gasteiger partial charge on any atom is -0.376 e. The fraction of sp³-hybridized carbons (Fsp3) is 0.474. The molecule has 26 heavy (non-hydrogen) atoms. The van der Waals surface area contributed by atoms with Crippen LogP contribution in [0.15, 0.2) is 36.7 Å². The van der Waals surface area contributed by atoms with Crippen LogP contribution in [0, 0.1) is 0 Å². The van der Waals surface area contributed by atoms with Gasteiger partial charge in [0.25, 0.3) is 5.91 Å². The second kappa shape index (κ2) is 8.03. The van der Waals surface area contributed by atoms with Gasteiger partial charge in [-0.15, -0.1) is 0 Å². The largest absolute Gasteiger partial charge is 0.376 e. The molecular weight excluding hydrogens is 370 g/mol. The van der Waals surface area contributed by atoms with Crippen molar-refractivity contribution >= 4 is 29.3 Å². The summed E-state index contributed by atoms with van der Waals surface area (Å²) in [5, 5.41) is 5.01. The summed E-state index contributed by atoms with van der Waals surface area (Å²) in [6.07, 6.45) is 6.76. The van der Waals surface area contributed by atoms with Gasteiger partial charge in [-0.1, -0.05) is 17.7 Å². The van der Waals surface area contributed by atoms with Crippen LogP contribution < -0.4 is 0 Å². The summed E-state index contributed by atoms with van der Waals surface area (Å²) in [6.45, 7) is 1.48. The molecule has 5 nitrogen and oxygen atoms in total. The third-order valence-corrected chi connectivity index (χ3v) is 6.31. The van der Waals surface area contributed by atoms with Gasteiger partial charge in [0.2, 0.25) is 0 Å². The van der Waals surface area contributed by atoms with E-state index in [9.17, 15) is 4.79 Å². The normalized spacial score (nSPS) is 22.7. The zero-order valence-corrected chi connectivity index (χ0v) is 16.1. The molecule has 0 aliphatic carbocycles. The highest BCUT2D eigenvalue weighted by atomic mass is 35.5. The van der Waals surface area contributed by atoms with E-state index in [4.69, 9.17) is 16.3 Å². The van der Waals surface area contributed by atoms with Crippen LogP contribution in [0.5, 0.6) is 0 Å². The zero-order chi connectivity index (χ0) is 17.9. The van der Waals surface area contributed by atoms with Gasteiger partial charge < -0.3 is 9.64 Å². The molecule has 1 aromatic heterocycles. The predicted octanol–water partition coefficient (Wildman–Crippen LogP) is 3.65. The summed E-state index contributed by atoms with van der Waals surface area (Å²) in [6, 6.07) is 7.74. The summed E-state index contributed by atoms with van der Waals surface area (Å²) < 4.78 is 7.48. The van der Waals surface area contributed by atoms with Gasteiger partial charge in [0.1, 0.15) is 0 Å². The van der Waals surface area contributed by atoms with Crippen LogP contribution >= 0.6 is 23.4 Å². The quantitative estimate of drug-likeness (QED) is 0.780. The number of carbonyl (C=O) groups excluding carboxylic acids is 1. The van der Waals surface area contributed by atoms with Gasteiger partial charge in [0, 0.05) is 36.2 Å². The van der Waals surface area contributed by atoms with Crippen molar-refractivity contribution in [2.24, 2.45) is 0 Å². The lowest BCUT2D eigenvalue weighted by Crippen LogP contribution is -2.44. The fourth-order valence-corrected chi connectivity index (χ4v) is 4.94. The van der Waals surface area contributed by atoms with Crippen molar-refractivity contribution in [3.63, 3.8) is 0 Å². The van der Waals surface area contributed by atoms with E-state index in [1.54, 1.807) is 17.1 Å². The molecule has 1 amide bonds. The molecule has 2 fully saturated rings. The number of halogens is 1. The summed E-state index contributed by atoms with van der Waals surface area (Å²) in [5.41, 5.74) is 1.46. The number of nitrogens with zero attached hydrogens (tertiary/aromatic N) is 3. The Labute approximate surface area is 162 Å². The number of hydrogen-bond donors (Lipinski definition) is 0. The molecule has 2 unspecified atom stereocenters. The molecule has 3 heterocycles. The van der Waals surface area contributed by atoms with Crippen molar-refractivity contribution < 1.29 is 9.53 Å². The van der Waals surface area contributed by atoms with E-state index in [1.807, 2.05) is 40.9 Å². The van der Waals surface area contributed by atoms with Gasteiger partial charge in [-0.2, -0.15) is 16.9 Å². The molecule has 0 radical (unpaired) electrons. The molecule has 0 N–H and O–H groups in total. The van der Waals surface area contributed by atoms with Crippen molar-refractivity contribution in [2.75, 3.05) is 24.7 Å². The first-order chi connectivity index (χ1) is 12.7. The van der Waals surface area contributed by atoms with Gasteiger partial charge in [-0.05, 0) is 43.2 Å². The van der Waals surface area contributed by atoms with Crippen molar-refractivity contribution in [1.82, 2.24) is 14.7 Å². The van der Waals surface area contributed by atoms with E-state index in [-0.39, 0.29) is 18.1 Å². The van der Waals surface area contributed by atoms with E-state index in [0.717, 1.165) is 43.1 Å². The summed E-state index contributed by atoms with van der Waals surface area (Å²) in [5.74, 6) is 2.16. The number of amides is 1. The van der Waals surface area contributed by atoms with Crippen LogP contribution in [0.3, 0.4) is 0 Å². The first kappa shape index (κ1) is 17.9. The van der Waals surface area contributed by atoms with Crippen LogP contribution in [0.1, 0.15) is 29.6 Å². The Hall–Kier alpha value is -1.50. The molecule has 4 rings (SSSR count). The monoisotopic (exact) mass is 391 g/mol. The second-order valence-electron chi connectivity index (χ2n) is 6.76. The zero-order valence-electron chi connectivity index (χ0n) is 14.5. The molecule has 2 aliphatic rings. The summed E-state index contributed by atoms with van der Waals surface area (Å²) in [4.78, 5) is 15.2. The van der Waals surface area contributed by atoms with E-state index >= 15 is 0 Å². The Morgan fingerprint density at radius 1 is 1.42 bits per heavy atom. The molecule has 2 aliphatic heterocycles. The maximum absolute atomic E-state index is 13.2. The second-order valence-corrected chi connectivity index (χ2v) is 8.35. The molecule has 2 atom stereocenters. The maximum Gasteiger partial charge on any atom is 0.257 e. The summed E-state index contributed by atoms with van der Waals surface area (Å²) in [7, 11) is 0. The van der Waals surface area contributed by atoms with Crippen LogP contribution in [-0.4, -0.2) is 57.4 Å². The molecule has 1 aromatic carbocycles. The van der Waals surface area contributed by atoms with Gasteiger partial charge in [0.05, 0.1) is 23.6 Å². The maximum atomic E-state index is 13.2. The highest BCUT2D eigenvalue weighted by Gasteiger charge is 2.31. The van der Waals surface area contributed by atoms with Crippen LogP contribution in [0.2, 0.25) is 5.02 Å². The Morgan fingerprint density at radius 2 is 2.35 bits per heavy atom. The molecule has 0 spiro atoms. The average Bonchev–Trinajstić information content (AvgIpc) is 3.41. The van der Waals surface area contributed by atoms with Crippen molar-refractivity contribution in [2.45, 2.75) is 31.4 Å². The highest BCUT2D eigenvalue weighted by Crippen LogP contribution is 2.26. The topological polar surface area (TPSA) is 47.4 Å². The number of thioether (sulfide) groups is 1. The van der Waals surface area contributed by atoms with Crippen LogP contribution in [0.25, 0.3) is 5.69 Å². The molecule has 0 bridgehead atoms. The van der Waals surface area contributed by atoms with Crippen molar-refractivity contribution in [1.29, 1.82) is 0 Å². The van der Waals surface area contributed by atoms with Crippen LogP contribution in [-0.2, 0) is 4.74 Å². The molecule has 7 heteroatoms. The first-order valence-corrected chi connectivity index (χ1v) is 10.5. The lowest BCUT2D eigenvalue weighted by molar-refractivity contribution is 0.0442. The van der Waals surface area contributed by atoms with Crippen molar-refractivity contribution in [3.8, 4) is 5.69 Å². The number of rotatable bonds is 5. The van der Waals surface area contributed by atoms with E-state index in [0.29, 0.717) is 17.1 Å². The van der Waals surface area contributed by atoms with E-state index in [1.165, 1.54) is 0 Å². The van der Waals surface area contributed by atoms with Crippen molar-refractivity contribution in [3.05, 3.63) is 47.2 Å². The third-order valence-electron chi connectivity index (χ3n) is 4.93. The number of hydrogen-bond acceptors (Lipinski definition) is 4. The number of carbonyl (C=O) groups is 1. The summed E-state index contributed by atoms with van der Waals surface area (Å²) >= 11 is 7.98. The number of ether oxygens (including phenoxy) is 1. The number of benzene rings is 1. The van der Waals surface area contributed by atoms with Gasteiger partial charge in [0.15, 0.2) is 0 Å². The van der Waals surface area contributed by atoms with Gasteiger partial charge >= 0.3 is 0 Å². The first-order valence-electron chi connectivity index (χ1n) is 9.01. The van der Waals surface area contributed by atoms with Crippen LogP contribution in [0.4, 0.5) is 0 Å². The molecule has 138 valence electrons. The minimum absolute atomic E-state index is 0.0429. The third kappa shape index (κ3) is 3.92. The van der Waals surface area contributed by atoms with E-state index in [2.05, 4.69) is 5.10 Å². The minimum atomic E-state index is 0.0429. The number of aromatic nitrogens is 2. The Bertz CT molecular complexity index is 770. The van der Waals surface area contributed by atoms with Gasteiger partial charge in [-0.25, -0.2) is 4.68 Å². The standard InChI is InChI=1S/C19H22ClN3O2S/c20-15-3-1-4-16(9-15)23-11-14(10-21-23)19(24)22(17-6-8-26-13-17)12-18-5-2-7-25-18/h1,3-4,9-11,17-18H,2,5-8,12-13H2. The fourth-order valence-electron chi connectivity index (χ4n) is 3.53. The Morgan fingerprint density at radius 3 is 3.08 bits per heavy atom. The molecule has 2 aromatic rings. The predicted molar refractivity (Wildman–Crippen MR) is 104 cm³/mol. The highest BCUT2D eigenvalue weighted by molar-refractivity contribution is 7.99. The van der Waals surface area contributed by atoms with Gasteiger partial charge in [-0.3, -0.25) is 4.79 Å². The Balaban J connectivity index is 1.55. The molecular formula is C19H22ClN3O2S. The lowest BCUT2D eigenvalue weighted by atomic mass is 10.1. The molecule has 0 saturated carbocycles. The van der Waals surface area contributed by atoms with E-state index < -0.39 is 0 Å². The molecule has 2 saturated heterocycles.